The number of carbonyl (C=O) groups is 1. The van der Waals surface area contributed by atoms with Crippen molar-refractivity contribution in [1.82, 2.24) is 10.2 Å². The highest BCUT2D eigenvalue weighted by Crippen LogP contribution is 2.36. The predicted molar refractivity (Wildman–Crippen MR) is 113 cm³/mol. The predicted octanol–water partition coefficient (Wildman–Crippen LogP) is 4.16. The number of methoxy groups -OCH3 is 2. The number of fused-ring (bicyclic) bond motifs is 2. The quantitative estimate of drug-likeness (QED) is 0.776. The van der Waals surface area contributed by atoms with E-state index >= 15 is 0 Å². The van der Waals surface area contributed by atoms with Gasteiger partial charge in [-0.25, -0.2) is 4.39 Å². The maximum Gasteiger partial charge on any atom is 0.255 e. The molecule has 2 bridgehead atoms. The van der Waals surface area contributed by atoms with Gasteiger partial charge in [0.1, 0.15) is 5.82 Å². The van der Waals surface area contributed by atoms with E-state index in [0.29, 0.717) is 29.1 Å². The van der Waals surface area contributed by atoms with Gasteiger partial charge in [0, 0.05) is 24.7 Å². The molecule has 6 heteroatoms. The number of nitrogens with one attached hydrogen (secondary N) is 1. The second-order valence-corrected chi connectivity index (χ2v) is 8.22. The van der Waals surface area contributed by atoms with Gasteiger partial charge >= 0.3 is 0 Å². The lowest BCUT2D eigenvalue weighted by Gasteiger charge is -2.49. The first kappa shape index (κ1) is 20.7. The molecule has 1 N–H and O–H groups in total. The summed E-state index contributed by atoms with van der Waals surface area (Å²) < 4.78 is 24.0. The summed E-state index contributed by atoms with van der Waals surface area (Å²) in [5.74, 6) is 0.691. The number of carbonyl (C=O) groups excluding carboxylic acids is 1. The Bertz CT molecular complexity index is 873. The van der Waals surface area contributed by atoms with Crippen molar-refractivity contribution in [2.75, 3.05) is 14.2 Å². The van der Waals surface area contributed by atoms with Crippen LogP contribution in [0.4, 0.5) is 4.39 Å². The number of ether oxygens (including phenoxy) is 2. The first-order chi connectivity index (χ1) is 14.6. The summed E-state index contributed by atoms with van der Waals surface area (Å²) >= 11 is 0. The van der Waals surface area contributed by atoms with E-state index in [-0.39, 0.29) is 17.8 Å². The molecule has 0 aliphatic carbocycles. The van der Waals surface area contributed by atoms with Crippen molar-refractivity contribution in [3.8, 4) is 11.5 Å². The van der Waals surface area contributed by atoms with Gasteiger partial charge in [-0.2, -0.15) is 0 Å². The topological polar surface area (TPSA) is 50.8 Å². The van der Waals surface area contributed by atoms with Gasteiger partial charge in [-0.3, -0.25) is 9.69 Å². The molecule has 1 amide bonds. The van der Waals surface area contributed by atoms with Crippen molar-refractivity contribution in [1.29, 1.82) is 0 Å². The van der Waals surface area contributed by atoms with Crippen LogP contribution in [0.25, 0.3) is 0 Å². The summed E-state index contributed by atoms with van der Waals surface area (Å²) in [4.78, 5) is 15.5. The summed E-state index contributed by atoms with van der Waals surface area (Å²) in [6.07, 6.45) is 5.34. The van der Waals surface area contributed by atoms with Crippen molar-refractivity contribution < 1.29 is 18.7 Å². The summed E-state index contributed by atoms with van der Waals surface area (Å²) in [7, 11) is 3.12. The van der Waals surface area contributed by atoms with Crippen LogP contribution in [-0.4, -0.2) is 43.2 Å². The molecule has 2 aromatic rings. The third-order valence-corrected chi connectivity index (χ3v) is 6.39. The van der Waals surface area contributed by atoms with Gasteiger partial charge in [0.25, 0.3) is 5.91 Å². The average Bonchev–Trinajstić information content (AvgIpc) is 2.75. The van der Waals surface area contributed by atoms with Gasteiger partial charge in [-0.1, -0.05) is 24.6 Å². The first-order valence-electron chi connectivity index (χ1n) is 10.6. The van der Waals surface area contributed by atoms with E-state index in [1.54, 1.807) is 32.4 Å². The number of rotatable bonds is 6. The summed E-state index contributed by atoms with van der Waals surface area (Å²) in [5.41, 5.74) is 1.63. The number of nitrogens with zero attached hydrogens (tertiary/aromatic N) is 1. The fourth-order valence-corrected chi connectivity index (χ4v) is 4.98. The zero-order valence-electron chi connectivity index (χ0n) is 17.6. The minimum atomic E-state index is -0.201. The van der Waals surface area contributed by atoms with E-state index in [1.165, 1.54) is 18.6 Å². The zero-order valence-corrected chi connectivity index (χ0v) is 17.6. The Kier molecular flexibility index (Phi) is 6.23. The number of halogens is 1. The number of piperidine rings is 2. The highest BCUT2D eigenvalue weighted by atomic mass is 18.2. The maximum atomic E-state index is 13.2. The molecule has 2 fully saturated rings. The Morgan fingerprint density at radius 2 is 1.77 bits per heavy atom. The molecule has 2 aliphatic rings. The normalized spacial score (nSPS) is 23.6. The maximum absolute atomic E-state index is 13.2. The smallest absolute Gasteiger partial charge is 0.255 e. The molecule has 4 rings (SSSR count). The van der Waals surface area contributed by atoms with E-state index in [2.05, 4.69) is 10.2 Å². The van der Waals surface area contributed by atoms with Crippen LogP contribution in [0.2, 0.25) is 0 Å². The van der Waals surface area contributed by atoms with E-state index < -0.39 is 0 Å². The second kappa shape index (κ2) is 9.04. The molecule has 0 aromatic heterocycles. The van der Waals surface area contributed by atoms with Crippen LogP contribution in [0.5, 0.6) is 11.5 Å². The van der Waals surface area contributed by atoms with Crippen LogP contribution < -0.4 is 14.8 Å². The minimum Gasteiger partial charge on any atom is -0.493 e. The molecule has 2 heterocycles. The molecule has 30 heavy (non-hydrogen) atoms. The molecular weight excluding hydrogens is 382 g/mol. The molecule has 2 aliphatic heterocycles. The van der Waals surface area contributed by atoms with Gasteiger partial charge in [0.15, 0.2) is 11.5 Å². The van der Waals surface area contributed by atoms with Crippen LogP contribution in [0.15, 0.2) is 42.5 Å². The lowest BCUT2D eigenvalue weighted by Crippen LogP contribution is -2.56. The molecule has 2 unspecified atom stereocenters. The molecule has 0 radical (unpaired) electrons. The Labute approximate surface area is 177 Å². The van der Waals surface area contributed by atoms with E-state index in [1.807, 2.05) is 12.1 Å². The minimum absolute atomic E-state index is 0.124. The standard InChI is InChI=1S/C24H29FN2O3/c1-29-22-8-4-7-21(23(22)30-2)24(28)26-18-13-19-5-3-6-20(14-18)27(19)15-16-9-11-17(25)12-10-16/h4,7-12,18-20H,3,5-6,13-15H2,1-2H3,(H,26,28)/i25-1. The SMILES string of the molecule is COc1cccc(C(=O)NC2CC3CCCC(C2)N3Cc2ccc([18F])cc2)c1OC. The molecule has 0 saturated carbocycles. The van der Waals surface area contributed by atoms with E-state index in [9.17, 15) is 9.18 Å². The Hall–Kier alpha value is -2.60. The summed E-state index contributed by atoms with van der Waals surface area (Å²) in [6.45, 7) is 0.833. The largest absolute Gasteiger partial charge is 0.493 e. The van der Waals surface area contributed by atoms with Gasteiger partial charge in [0.2, 0.25) is 0 Å². The van der Waals surface area contributed by atoms with Crippen LogP contribution in [0, 0.1) is 5.82 Å². The van der Waals surface area contributed by atoms with Crippen molar-refractivity contribution in [3.63, 3.8) is 0 Å². The fourth-order valence-electron chi connectivity index (χ4n) is 4.98. The third kappa shape index (κ3) is 4.29. The first-order valence-corrected chi connectivity index (χ1v) is 10.6. The molecular formula is C24H29FN2O3. The fraction of sp³-hybridized carbons (Fsp3) is 0.458. The molecule has 0 spiro atoms. The highest BCUT2D eigenvalue weighted by Gasteiger charge is 2.38. The van der Waals surface area contributed by atoms with Crippen molar-refractivity contribution in [2.24, 2.45) is 0 Å². The van der Waals surface area contributed by atoms with Crippen molar-refractivity contribution in [3.05, 3.63) is 59.4 Å². The van der Waals surface area contributed by atoms with Gasteiger partial charge in [-0.05, 0) is 55.5 Å². The highest BCUT2D eigenvalue weighted by molar-refractivity contribution is 5.98. The number of amides is 1. The van der Waals surface area contributed by atoms with Crippen LogP contribution in [0.3, 0.4) is 0 Å². The molecule has 2 atom stereocenters. The lowest BCUT2D eigenvalue weighted by molar-refractivity contribution is 0.0176. The second-order valence-electron chi connectivity index (χ2n) is 8.22. The van der Waals surface area contributed by atoms with Crippen LogP contribution in [-0.2, 0) is 6.54 Å². The number of hydrogen-bond donors (Lipinski definition) is 1. The molecule has 160 valence electrons. The van der Waals surface area contributed by atoms with Crippen molar-refractivity contribution >= 4 is 5.91 Å². The molecule has 2 saturated heterocycles. The third-order valence-electron chi connectivity index (χ3n) is 6.39. The van der Waals surface area contributed by atoms with E-state index in [0.717, 1.165) is 37.8 Å². The lowest BCUT2D eigenvalue weighted by atomic mass is 9.81. The Balaban J connectivity index is 1.44. The van der Waals surface area contributed by atoms with Crippen LogP contribution >= 0.6 is 0 Å². The zero-order chi connectivity index (χ0) is 21.1. The molecule has 5 nitrogen and oxygen atoms in total. The summed E-state index contributed by atoms with van der Waals surface area (Å²) in [5, 5.41) is 3.23. The number of para-hydroxylation sites is 1. The van der Waals surface area contributed by atoms with Crippen molar-refractivity contribution in [2.45, 2.75) is 56.8 Å². The molecule has 2 aromatic carbocycles. The Morgan fingerprint density at radius 3 is 2.40 bits per heavy atom. The van der Waals surface area contributed by atoms with Gasteiger partial charge in [-0.15, -0.1) is 0 Å². The number of benzene rings is 2. The summed E-state index contributed by atoms with van der Waals surface area (Å²) in [6, 6.07) is 13.1. The van der Waals surface area contributed by atoms with Gasteiger partial charge in [0.05, 0.1) is 19.8 Å². The Morgan fingerprint density at radius 1 is 1.07 bits per heavy atom. The van der Waals surface area contributed by atoms with Gasteiger partial charge < -0.3 is 14.8 Å². The average molecular weight is 412 g/mol. The number of hydrogen-bond acceptors (Lipinski definition) is 4. The monoisotopic (exact) mass is 411 g/mol. The van der Waals surface area contributed by atoms with Crippen LogP contribution in [0.1, 0.15) is 48.0 Å². The van der Waals surface area contributed by atoms with E-state index in [4.69, 9.17) is 9.47 Å².